The first kappa shape index (κ1) is 24.2. The number of nitrogens with one attached hydrogen (secondary N) is 1. The average Bonchev–Trinajstić information content (AvgIpc) is 3.14. The largest absolute Gasteiger partial charge is 0.329 e. The average molecular weight is 447 g/mol. The van der Waals surface area contributed by atoms with Gasteiger partial charge >= 0.3 is 0 Å². The van der Waals surface area contributed by atoms with Gasteiger partial charge in [-0.1, -0.05) is 77.1 Å². The maximum atomic E-state index is 13.2. The molecule has 0 fully saturated rings. The summed E-state index contributed by atoms with van der Waals surface area (Å²) in [4.78, 5) is 27.7. The quantitative estimate of drug-likeness (QED) is 0.548. The van der Waals surface area contributed by atoms with Crippen molar-refractivity contribution in [2.24, 2.45) is 13.0 Å². The van der Waals surface area contributed by atoms with Gasteiger partial charge in [0, 0.05) is 30.6 Å². The minimum atomic E-state index is -0.242. The van der Waals surface area contributed by atoms with Gasteiger partial charge in [0.05, 0.1) is 5.69 Å². The van der Waals surface area contributed by atoms with Crippen LogP contribution in [-0.2, 0) is 17.3 Å². The molecule has 3 rings (SSSR count). The van der Waals surface area contributed by atoms with Gasteiger partial charge in [-0.05, 0) is 29.2 Å². The molecule has 0 aliphatic heterocycles. The Balaban J connectivity index is 1.73. The molecule has 1 heterocycles. The molecule has 6 heteroatoms. The summed E-state index contributed by atoms with van der Waals surface area (Å²) in [6.45, 7) is 10.8. The first-order valence-corrected chi connectivity index (χ1v) is 11.3. The van der Waals surface area contributed by atoms with Gasteiger partial charge in [-0.25, -0.2) is 0 Å². The Kier molecular flexibility index (Phi) is 7.36. The van der Waals surface area contributed by atoms with Crippen LogP contribution in [0.5, 0.6) is 0 Å². The fourth-order valence-electron chi connectivity index (χ4n) is 3.58. The van der Waals surface area contributed by atoms with Gasteiger partial charge in [0.2, 0.25) is 5.91 Å². The van der Waals surface area contributed by atoms with Gasteiger partial charge in [0.15, 0.2) is 0 Å². The van der Waals surface area contributed by atoms with Crippen molar-refractivity contribution in [3.8, 4) is 11.1 Å². The van der Waals surface area contributed by atoms with E-state index in [1.807, 2.05) is 74.5 Å². The molecule has 0 saturated carbocycles. The van der Waals surface area contributed by atoms with Crippen LogP contribution in [0.25, 0.3) is 11.1 Å². The van der Waals surface area contributed by atoms with E-state index < -0.39 is 0 Å². The van der Waals surface area contributed by atoms with Crippen molar-refractivity contribution in [2.45, 2.75) is 40.0 Å². The molecule has 0 saturated heterocycles. The van der Waals surface area contributed by atoms with Gasteiger partial charge in [0.25, 0.3) is 5.91 Å². The second-order valence-corrected chi connectivity index (χ2v) is 9.86. The van der Waals surface area contributed by atoms with Crippen LogP contribution in [0, 0.1) is 5.92 Å². The molecule has 33 heavy (non-hydrogen) atoms. The highest BCUT2D eigenvalue weighted by Gasteiger charge is 2.23. The maximum absolute atomic E-state index is 13.2. The lowest BCUT2D eigenvalue weighted by Crippen LogP contribution is -2.40. The van der Waals surface area contributed by atoms with E-state index in [1.54, 1.807) is 16.6 Å². The van der Waals surface area contributed by atoms with E-state index in [-0.39, 0.29) is 29.7 Å². The Morgan fingerprint density at radius 1 is 1.00 bits per heavy atom. The van der Waals surface area contributed by atoms with Gasteiger partial charge in [-0.15, -0.1) is 0 Å². The van der Waals surface area contributed by atoms with E-state index in [2.05, 4.69) is 31.2 Å². The fraction of sp³-hybridized carbons (Fsp3) is 0.370. The normalized spacial score (nSPS) is 11.5. The molecule has 0 aliphatic rings. The first-order chi connectivity index (χ1) is 15.5. The van der Waals surface area contributed by atoms with E-state index in [1.165, 1.54) is 0 Å². The van der Waals surface area contributed by atoms with E-state index in [0.29, 0.717) is 17.9 Å². The number of carbonyl (C=O) groups is 2. The number of carbonyl (C=O) groups excluding carboxylic acids is 2. The van der Waals surface area contributed by atoms with Crippen molar-refractivity contribution in [1.29, 1.82) is 0 Å². The predicted octanol–water partition coefficient (Wildman–Crippen LogP) is 5.12. The predicted molar refractivity (Wildman–Crippen MR) is 133 cm³/mol. The Hall–Kier alpha value is -3.41. The molecule has 1 aromatic heterocycles. The van der Waals surface area contributed by atoms with E-state index in [4.69, 9.17) is 0 Å². The van der Waals surface area contributed by atoms with Crippen LogP contribution < -0.4 is 5.32 Å². The van der Waals surface area contributed by atoms with E-state index in [0.717, 1.165) is 16.8 Å². The van der Waals surface area contributed by atoms with Crippen molar-refractivity contribution in [2.75, 3.05) is 18.4 Å². The molecule has 1 N–H and O–H groups in total. The van der Waals surface area contributed by atoms with Crippen LogP contribution in [0.1, 0.15) is 50.7 Å². The highest BCUT2D eigenvalue weighted by atomic mass is 16.2. The summed E-state index contributed by atoms with van der Waals surface area (Å²) in [5, 5.41) is 7.41. The zero-order chi connectivity index (χ0) is 24.2. The van der Waals surface area contributed by atoms with Gasteiger partial charge < -0.3 is 10.2 Å². The highest BCUT2D eigenvalue weighted by Crippen LogP contribution is 2.23. The van der Waals surface area contributed by atoms with Crippen LogP contribution in [0.15, 0.2) is 60.7 Å². The molecule has 6 nitrogen and oxygen atoms in total. The van der Waals surface area contributed by atoms with Crippen LogP contribution in [0.3, 0.4) is 0 Å². The minimum absolute atomic E-state index is 0.0204. The molecule has 174 valence electrons. The highest BCUT2D eigenvalue weighted by molar-refractivity contribution is 5.99. The monoisotopic (exact) mass is 446 g/mol. The lowest BCUT2D eigenvalue weighted by Gasteiger charge is -2.24. The third-order valence-electron chi connectivity index (χ3n) is 5.36. The lowest BCUT2D eigenvalue weighted by atomic mass is 9.92. The van der Waals surface area contributed by atoms with E-state index in [9.17, 15) is 9.59 Å². The molecule has 0 unspecified atom stereocenters. The number of aryl methyl sites for hydroxylation is 1. The SMILES string of the molecule is CC(C)CN(CC(=O)Nc1cc(C(C)(C)C)nn1C)C(=O)c1ccc(-c2ccccc2)cc1. The standard InChI is InChI=1S/C27H34N4O2/c1-19(2)17-31(18-25(32)28-24-16-23(27(3,4)5)29-30(24)6)26(33)22-14-12-21(13-15-22)20-10-8-7-9-11-20/h7-16,19H,17-18H2,1-6H3,(H,28,32). The Morgan fingerprint density at radius 2 is 1.61 bits per heavy atom. The molecule has 2 amide bonds. The number of benzene rings is 2. The van der Waals surface area contributed by atoms with Crippen molar-refractivity contribution in [3.63, 3.8) is 0 Å². The molecule has 0 radical (unpaired) electrons. The van der Waals surface area contributed by atoms with Gasteiger partial charge in [0.1, 0.15) is 12.4 Å². The molecular weight excluding hydrogens is 412 g/mol. The topological polar surface area (TPSA) is 67.2 Å². The second-order valence-electron chi connectivity index (χ2n) is 9.86. The van der Waals surface area contributed by atoms with Crippen molar-refractivity contribution < 1.29 is 9.59 Å². The number of rotatable bonds is 7. The van der Waals surface area contributed by atoms with Crippen LogP contribution in [0.4, 0.5) is 5.82 Å². The van der Waals surface area contributed by atoms with Crippen molar-refractivity contribution in [1.82, 2.24) is 14.7 Å². The fourth-order valence-corrected chi connectivity index (χ4v) is 3.58. The first-order valence-electron chi connectivity index (χ1n) is 11.3. The minimum Gasteiger partial charge on any atom is -0.329 e. The van der Waals surface area contributed by atoms with Gasteiger partial charge in [-0.2, -0.15) is 5.10 Å². The number of hydrogen-bond acceptors (Lipinski definition) is 3. The van der Waals surface area contributed by atoms with Crippen LogP contribution >= 0.6 is 0 Å². The third kappa shape index (κ3) is 6.31. The Morgan fingerprint density at radius 3 is 2.15 bits per heavy atom. The number of amides is 2. The van der Waals surface area contributed by atoms with E-state index >= 15 is 0 Å². The molecule has 3 aromatic rings. The number of nitrogens with zero attached hydrogens (tertiary/aromatic N) is 3. The van der Waals surface area contributed by atoms with Crippen LogP contribution in [0.2, 0.25) is 0 Å². The molecule has 0 spiro atoms. The summed E-state index contributed by atoms with van der Waals surface area (Å²) in [6, 6.07) is 19.5. The summed E-state index contributed by atoms with van der Waals surface area (Å²) in [5.41, 5.74) is 3.49. The van der Waals surface area contributed by atoms with Crippen molar-refractivity contribution in [3.05, 3.63) is 71.9 Å². The summed E-state index contributed by atoms with van der Waals surface area (Å²) >= 11 is 0. The molecule has 0 bridgehead atoms. The summed E-state index contributed by atoms with van der Waals surface area (Å²) in [7, 11) is 1.80. The van der Waals surface area contributed by atoms with Gasteiger partial charge in [-0.3, -0.25) is 14.3 Å². The zero-order valence-electron chi connectivity index (χ0n) is 20.4. The van der Waals surface area contributed by atoms with Crippen molar-refractivity contribution >= 4 is 17.6 Å². The summed E-state index contributed by atoms with van der Waals surface area (Å²) < 4.78 is 1.66. The molecule has 0 atom stereocenters. The molecular formula is C27H34N4O2. The lowest BCUT2D eigenvalue weighted by molar-refractivity contribution is -0.117. The Bertz CT molecular complexity index is 1090. The second kappa shape index (κ2) is 10.0. The smallest absolute Gasteiger partial charge is 0.254 e. The molecule has 0 aliphatic carbocycles. The zero-order valence-corrected chi connectivity index (χ0v) is 20.4. The third-order valence-corrected chi connectivity index (χ3v) is 5.36. The summed E-state index contributed by atoms with van der Waals surface area (Å²) in [5.74, 6) is 0.454. The summed E-state index contributed by atoms with van der Waals surface area (Å²) in [6.07, 6.45) is 0. The van der Waals surface area contributed by atoms with Crippen LogP contribution in [-0.4, -0.2) is 39.6 Å². The molecule has 2 aromatic carbocycles. The number of anilines is 1. The Labute approximate surface area is 196 Å². The maximum Gasteiger partial charge on any atom is 0.254 e. The number of aromatic nitrogens is 2. The number of hydrogen-bond donors (Lipinski definition) is 1.